The van der Waals surface area contributed by atoms with Gasteiger partial charge in [-0.25, -0.2) is 9.97 Å². The van der Waals surface area contributed by atoms with Gasteiger partial charge in [-0.2, -0.15) is 0 Å². The van der Waals surface area contributed by atoms with Crippen molar-refractivity contribution in [3.05, 3.63) is 54.4 Å². The Morgan fingerprint density at radius 2 is 1.24 bits per heavy atom. The van der Waals surface area contributed by atoms with Crippen molar-refractivity contribution in [3.63, 3.8) is 0 Å². The van der Waals surface area contributed by atoms with E-state index in [1.807, 2.05) is 36.7 Å². The van der Waals surface area contributed by atoms with Gasteiger partial charge in [0.1, 0.15) is 5.75 Å². The van der Waals surface area contributed by atoms with Gasteiger partial charge in [0.15, 0.2) is 5.82 Å². The summed E-state index contributed by atoms with van der Waals surface area (Å²) in [6.07, 6.45) is 27.8. The zero-order valence-electron chi connectivity index (χ0n) is 21.2. The Morgan fingerprint density at radius 1 is 0.667 bits per heavy atom. The van der Waals surface area contributed by atoms with Crippen LogP contribution in [-0.2, 0) is 6.42 Å². The predicted octanol–water partition coefficient (Wildman–Crippen LogP) is 9.12. The van der Waals surface area contributed by atoms with Crippen LogP contribution in [0, 0.1) is 0 Å². The highest BCUT2D eigenvalue weighted by atomic mass is 16.5. The number of nitrogens with zero attached hydrogens (tertiary/aromatic N) is 2. The van der Waals surface area contributed by atoms with Crippen LogP contribution >= 0.6 is 0 Å². The van der Waals surface area contributed by atoms with Crippen molar-refractivity contribution in [1.82, 2.24) is 9.97 Å². The number of benzene rings is 1. The molecule has 1 aromatic carbocycles. The standard InChI is InChI=1S/C30H46N2O/c1-3-5-7-9-11-12-14-16-18-24-33-29-22-20-28(21-23-29)30-31-25-27(26-32-30)19-17-15-13-10-8-6-4-2/h14,16,20-23,25-26H,3-13,15,17-19,24H2,1-2H3. The van der Waals surface area contributed by atoms with E-state index in [-0.39, 0.29) is 0 Å². The number of allylic oxidation sites excluding steroid dienone is 1. The molecule has 0 N–H and O–H groups in total. The lowest BCUT2D eigenvalue weighted by atomic mass is 10.1. The molecule has 0 saturated heterocycles. The molecule has 0 aliphatic carbocycles. The van der Waals surface area contributed by atoms with Crippen molar-refractivity contribution in [1.29, 1.82) is 0 Å². The maximum Gasteiger partial charge on any atom is 0.159 e. The number of ether oxygens (including phenoxy) is 1. The molecule has 3 heteroatoms. The van der Waals surface area contributed by atoms with Crippen LogP contribution in [0.3, 0.4) is 0 Å². The van der Waals surface area contributed by atoms with Crippen LogP contribution in [0.4, 0.5) is 0 Å². The molecule has 0 spiro atoms. The summed E-state index contributed by atoms with van der Waals surface area (Å²) in [5, 5.41) is 0. The molecular formula is C30H46N2O. The fourth-order valence-electron chi connectivity index (χ4n) is 3.97. The Balaban J connectivity index is 1.61. The fraction of sp³-hybridized carbons (Fsp3) is 0.600. The lowest BCUT2D eigenvalue weighted by Crippen LogP contribution is -1.96. The zero-order chi connectivity index (χ0) is 23.4. The second-order valence-electron chi connectivity index (χ2n) is 9.12. The van der Waals surface area contributed by atoms with E-state index in [0.717, 1.165) is 36.6 Å². The molecule has 2 aromatic rings. The lowest BCUT2D eigenvalue weighted by Gasteiger charge is -2.06. The van der Waals surface area contributed by atoms with E-state index in [0.29, 0.717) is 0 Å². The van der Waals surface area contributed by atoms with Gasteiger partial charge >= 0.3 is 0 Å². The molecule has 33 heavy (non-hydrogen) atoms. The van der Waals surface area contributed by atoms with Gasteiger partial charge in [-0.3, -0.25) is 0 Å². The van der Waals surface area contributed by atoms with Gasteiger partial charge in [0.05, 0.1) is 6.61 Å². The lowest BCUT2D eigenvalue weighted by molar-refractivity contribution is 0.325. The summed E-state index contributed by atoms with van der Waals surface area (Å²) >= 11 is 0. The topological polar surface area (TPSA) is 35.0 Å². The molecule has 0 amide bonds. The fourth-order valence-corrected chi connectivity index (χ4v) is 3.97. The third-order valence-corrected chi connectivity index (χ3v) is 6.08. The van der Waals surface area contributed by atoms with Gasteiger partial charge in [-0.15, -0.1) is 0 Å². The van der Waals surface area contributed by atoms with E-state index < -0.39 is 0 Å². The van der Waals surface area contributed by atoms with Crippen LogP contribution in [0.5, 0.6) is 5.75 Å². The molecule has 0 bridgehead atoms. The number of aryl methyl sites for hydroxylation is 1. The predicted molar refractivity (Wildman–Crippen MR) is 142 cm³/mol. The summed E-state index contributed by atoms with van der Waals surface area (Å²) in [6.45, 7) is 5.25. The molecule has 0 fully saturated rings. The van der Waals surface area contributed by atoms with E-state index >= 15 is 0 Å². The monoisotopic (exact) mass is 450 g/mol. The van der Waals surface area contributed by atoms with E-state index in [4.69, 9.17) is 4.74 Å². The van der Waals surface area contributed by atoms with Crippen molar-refractivity contribution in [2.24, 2.45) is 0 Å². The minimum absolute atomic E-state index is 0.718. The zero-order valence-corrected chi connectivity index (χ0v) is 21.2. The van der Waals surface area contributed by atoms with Crippen LogP contribution in [0.1, 0.15) is 109 Å². The number of aromatic nitrogens is 2. The molecule has 0 radical (unpaired) electrons. The van der Waals surface area contributed by atoms with Gasteiger partial charge < -0.3 is 4.74 Å². The summed E-state index contributed by atoms with van der Waals surface area (Å²) in [5.41, 5.74) is 2.27. The number of hydrogen-bond acceptors (Lipinski definition) is 3. The third kappa shape index (κ3) is 12.6. The Bertz CT molecular complexity index is 737. The highest BCUT2D eigenvalue weighted by Gasteiger charge is 2.03. The first-order valence-corrected chi connectivity index (χ1v) is 13.5. The molecule has 0 aliphatic rings. The van der Waals surface area contributed by atoms with Crippen molar-refractivity contribution >= 4 is 0 Å². The first kappa shape index (κ1) is 27.1. The molecule has 0 aliphatic heterocycles. The van der Waals surface area contributed by atoms with Crippen molar-refractivity contribution < 1.29 is 4.74 Å². The number of hydrogen-bond donors (Lipinski definition) is 0. The SMILES string of the molecule is CCCCCCCC=CCCOc1ccc(-c2ncc(CCCCCCCCC)cn2)cc1. The molecule has 0 atom stereocenters. The first-order chi connectivity index (χ1) is 16.3. The smallest absolute Gasteiger partial charge is 0.159 e. The molecule has 0 saturated carbocycles. The van der Waals surface area contributed by atoms with Crippen molar-refractivity contribution in [2.45, 2.75) is 110 Å². The minimum Gasteiger partial charge on any atom is -0.493 e. The normalized spacial score (nSPS) is 11.3. The summed E-state index contributed by atoms with van der Waals surface area (Å²) in [7, 11) is 0. The van der Waals surface area contributed by atoms with Crippen LogP contribution in [0.2, 0.25) is 0 Å². The van der Waals surface area contributed by atoms with Crippen molar-refractivity contribution in [3.8, 4) is 17.1 Å². The average Bonchev–Trinajstić information content (AvgIpc) is 2.85. The Kier molecular flexibility index (Phi) is 15.0. The van der Waals surface area contributed by atoms with Crippen LogP contribution < -0.4 is 4.74 Å². The van der Waals surface area contributed by atoms with Crippen LogP contribution in [0.15, 0.2) is 48.8 Å². The number of unbranched alkanes of at least 4 members (excludes halogenated alkanes) is 11. The largest absolute Gasteiger partial charge is 0.493 e. The average molecular weight is 451 g/mol. The van der Waals surface area contributed by atoms with E-state index in [9.17, 15) is 0 Å². The van der Waals surface area contributed by atoms with Crippen molar-refractivity contribution in [2.75, 3.05) is 6.61 Å². The summed E-state index contributed by atoms with van der Waals surface area (Å²) < 4.78 is 5.87. The number of rotatable bonds is 19. The molecule has 1 heterocycles. The maximum atomic E-state index is 5.87. The van der Waals surface area contributed by atoms with Gasteiger partial charge in [0.25, 0.3) is 0 Å². The maximum absolute atomic E-state index is 5.87. The van der Waals surface area contributed by atoms with E-state index in [2.05, 4.69) is 36.0 Å². The van der Waals surface area contributed by atoms with Crippen LogP contribution in [-0.4, -0.2) is 16.6 Å². The van der Waals surface area contributed by atoms with E-state index in [1.54, 1.807) is 0 Å². The molecular weight excluding hydrogens is 404 g/mol. The van der Waals surface area contributed by atoms with Gasteiger partial charge in [0, 0.05) is 18.0 Å². The van der Waals surface area contributed by atoms with Gasteiger partial charge in [-0.1, -0.05) is 90.2 Å². The first-order valence-electron chi connectivity index (χ1n) is 13.5. The Labute approximate surface area is 203 Å². The van der Waals surface area contributed by atoms with Crippen LogP contribution in [0.25, 0.3) is 11.4 Å². The summed E-state index contributed by atoms with van der Waals surface area (Å²) in [4.78, 5) is 9.17. The second-order valence-corrected chi connectivity index (χ2v) is 9.12. The molecule has 182 valence electrons. The van der Waals surface area contributed by atoms with E-state index in [1.165, 1.54) is 89.0 Å². The molecule has 1 aromatic heterocycles. The molecule has 3 nitrogen and oxygen atoms in total. The summed E-state index contributed by atoms with van der Waals surface area (Å²) in [5.74, 6) is 1.69. The molecule has 2 rings (SSSR count). The Hall–Kier alpha value is -2.16. The summed E-state index contributed by atoms with van der Waals surface area (Å²) in [6, 6.07) is 8.13. The molecule has 0 unspecified atom stereocenters. The third-order valence-electron chi connectivity index (χ3n) is 6.08. The van der Waals surface area contributed by atoms with Gasteiger partial charge in [0.2, 0.25) is 0 Å². The highest BCUT2D eigenvalue weighted by Crippen LogP contribution is 2.20. The quantitative estimate of drug-likeness (QED) is 0.158. The minimum atomic E-state index is 0.718. The highest BCUT2D eigenvalue weighted by molar-refractivity contribution is 5.55. The Morgan fingerprint density at radius 3 is 1.91 bits per heavy atom. The van der Waals surface area contributed by atoms with Gasteiger partial charge in [-0.05, 0) is 61.9 Å². The second kappa shape index (κ2) is 18.3.